The summed E-state index contributed by atoms with van der Waals surface area (Å²) in [5.74, 6) is -0.0494. The molecule has 2 aromatic carbocycles. The highest BCUT2D eigenvalue weighted by molar-refractivity contribution is 7.98. The molecule has 5 nitrogen and oxygen atoms in total. The number of nitrogens with zero attached hydrogens (tertiary/aromatic N) is 2. The van der Waals surface area contributed by atoms with E-state index >= 15 is 0 Å². The number of rotatable bonds is 8. The molecule has 1 aliphatic rings. The zero-order valence-corrected chi connectivity index (χ0v) is 20.1. The van der Waals surface area contributed by atoms with Gasteiger partial charge in [-0.1, -0.05) is 41.4 Å². The van der Waals surface area contributed by atoms with Crippen LogP contribution in [0.1, 0.15) is 22.3 Å². The van der Waals surface area contributed by atoms with Crippen molar-refractivity contribution in [1.29, 1.82) is 0 Å². The Labute approximate surface area is 202 Å². The van der Waals surface area contributed by atoms with Crippen LogP contribution in [0.25, 0.3) is 0 Å². The first kappa shape index (κ1) is 24.8. The van der Waals surface area contributed by atoms with Gasteiger partial charge in [0.25, 0.3) is 5.91 Å². The van der Waals surface area contributed by atoms with Crippen LogP contribution in [0.5, 0.6) is 0 Å². The van der Waals surface area contributed by atoms with Gasteiger partial charge in [0.15, 0.2) is 0 Å². The molecule has 0 saturated carbocycles. The van der Waals surface area contributed by atoms with E-state index in [1.807, 2.05) is 6.26 Å². The lowest BCUT2D eigenvalue weighted by Gasteiger charge is -2.36. The summed E-state index contributed by atoms with van der Waals surface area (Å²) in [4.78, 5) is 29.8. The van der Waals surface area contributed by atoms with Crippen LogP contribution in [0.2, 0.25) is 10.0 Å². The van der Waals surface area contributed by atoms with Gasteiger partial charge < -0.3 is 10.2 Å². The van der Waals surface area contributed by atoms with E-state index in [0.717, 1.165) is 5.75 Å². The molecule has 1 fully saturated rings. The average Bonchev–Trinajstić information content (AvgIpc) is 2.79. The second kappa shape index (κ2) is 11.9. The Morgan fingerprint density at radius 1 is 1.06 bits per heavy atom. The first-order valence-corrected chi connectivity index (χ1v) is 12.5. The predicted octanol–water partition coefficient (Wildman–Crippen LogP) is 4.33. The molecule has 0 radical (unpaired) electrons. The highest BCUT2D eigenvalue weighted by Crippen LogP contribution is 2.22. The highest BCUT2D eigenvalue weighted by Gasteiger charge is 2.29. The van der Waals surface area contributed by atoms with Crippen molar-refractivity contribution < 1.29 is 14.0 Å². The van der Waals surface area contributed by atoms with Crippen molar-refractivity contribution >= 4 is 46.8 Å². The van der Waals surface area contributed by atoms with Gasteiger partial charge in [-0.25, -0.2) is 4.39 Å². The topological polar surface area (TPSA) is 52.7 Å². The maximum atomic E-state index is 14.1. The lowest BCUT2D eigenvalue weighted by molar-refractivity contribution is -0.135. The van der Waals surface area contributed by atoms with Gasteiger partial charge in [-0.05, 0) is 42.7 Å². The lowest BCUT2D eigenvalue weighted by Crippen LogP contribution is -2.55. The molecule has 32 heavy (non-hydrogen) atoms. The maximum absolute atomic E-state index is 14.1. The lowest BCUT2D eigenvalue weighted by atomic mass is 10.1. The summed E-state index contributed by atoms with van der Waals surface area (Å²) >= 11 is 13.9. The summed E-state index contributed by atoms with van der Waals surface area (Å²) in [7, 11) is 0. The van der Waals surface area contributed by atoms with Gasteiger partial charge in [0.2, 0.25) is 5.91 Å². The quantitative estimate of drug-likeness (QED) is 0.589. The van der Waals surface area contributed by atoms with Gasteiger partial charge in [0.1, 0.15) is 11.9 Å². The SMILES string of the molecule is CSCCC(NC(=O)c1ccccc1Cl)C(=O)N1CCN(Cc2c(F)cccc2Cl)CC1. The van der Waals surface area contributed by atoms with Gasteiger partial charge >= 0.3 is 0 Å². The van der Waals surface area contributed by atoms with Crippen molar-refractivity contribution in [3.8, 4) is 0 Å². The summed E-state index contributed by atoms with van der Waals surface area (Å²) in [5, 5.41) is 3.62. The van der Waals surface area contributed by atoms with E-state index in [-0.39, 0.29) is 17.6 Å². The summed E-state index contributed by atoms with van der Waals surface area (Å²) in [6, 6.07) is 10.8. The second-order valence-corrected chi connectivity index (χ2v) is 9.39. The van der Waals surface area contributed by atoms with E-state index < -0.39 is 6.04 Å². The van der Waals surface area contributed by atoms with Crippen LogP contribution in [0, 0.1) is 5.82 Å². The second-order valence-electron chi connectivity index (χ2n) is 7.59. The van der Waals surface area contributed by atoms with Crippen molar-refractivity contribution in [3.63, 3.8) is 0 Å². The monoisotopic (exact) mass is 497 g/mol. The number of amides is 2. The first-order valence-electron chi connectivity index (χ1n) is 10.4. The third-order valence-corrected chi connectivity index (χ3v) is 6.79. The minimum absolute atomic E-state index is 0.108. The van der Waals surface area contributed by atoms with Crippen LogP contribution < -0.4 is 5.32 Å². The molecule has 1 heterocycles. The number of benzene rings is 2. The van der Waals surface area contributed by atoms with Gasteiger partial charge in [-0.15, -0.1) is 0 Å². The number of thioether (sulfide) groups is 1. The normalized spacial score (nSPS) is 15.4. The number of halogens is 3. The maximum Gasteiger partial charge on any atom is 0.253 e. The Kier molecular flexibility index (Phi) is 9.22. The van der Waals surface area contributed by atoms with Crippen molar-refractivity contribution in [1.82, 2.24) is 15.1 Å². The molecule has 1 saturated heterocycles. The van der Waals surface area contributed by atoms with E-state index in [4.69, 9.17) is 23.2 Å². The van der Waals surface area contributed by atoms with Gasteiger partial charge in [-0.2, -0.15) is 11.8 Å². The minimum Gasteiger partial charge on any atom is -0.340 e. The molecular weight excluding hydrogens is 472 g/mol. The van der Waals surface area contributed by atoms with Crippen LogP contribution in [-0.2, 0) is 11.3 Å². The highest BCUT2D eigenvalue weighted by atomic mass is 35.5. The van der Waals surface area contributed by atoms with Gasteiger partial charge in [-0.3, -0.25) is 14.5 Å². The zero-order chi connectivity index (χ0) is 23.1. The molecule has 3 rings (SSSR count). The molecule has 172 valence electrons. The van der Waals surface area contributed by atoms with Crippen molar-refractivity contribution in [2.24, 2.45) is 0 Å². The molecular formula is C23H26Cl2FN3O2S. The van der Waals surface area contributed by atoms with E-state index in [9.17, 15) is 14.0 Å². The number of hydrogen-bond acceptors (Lipinski definition) is 4. The Morgan fingerprint density at radius 2 is 1.75 bits per heavy atom. The molecule has 1 unspecified atom stereocenters. The number of hydrogen-bond donors (Lipinski definition) is 1. The standard InChI is InChI=1S/C23H26Cl2FN3O2S/c1-32-14-9-21(27-22(30)16-5-2-3-6-18(16)24)23(31)29-12-10-28(11-13-29)15-17-19(25)7-4-8-20(17)26/h2-8,21H,9-15H2,1H3,(H,27,30). The van der Waals surface area contributed by atoms with Crippen LogP contribution in [0.15, 0.2) is 42.5 Å². The number of carbonyl (C=O) groups is 2. The van der Waals surface area contributed by atoms with Crippen LogP contribution >= 0.6 is 35.0 Å². The summed E-state index contributed by atoms with van der Waals surface area (Å²) in [6.07, 6.45) is 2.49. The molecule has 1 aliphatic heterocycles. The third-order valence-electron chi connectivity index (χ3n) is 5.46. The predicted molar refractivity (Wildman–Crippen MR) is 129 cm³/mol. The average molecular weight is 498 g/mol. The first-order chi connectivity index (χ1) is 15.4. The number of nitrogens with one attached hydrogen (secondary N) is 1. The molecule has 0 aromatic heterocycles. The number of carbonyl (C=O) groups excluding carboxylic acids is 2. The molecule has 0 bridgehead atoms. The van der Waals surface area contributed by atoms with Crippen molar-refractivity contribution in [3.05, 3.63) is 69.5 Å². The summed E-state index contributed by atoms with van der Waals surface area (Å²) in [6.45, 7) is 2.60. The minimum atomic E-state index is -0.626. The van der Waals surface area contributed by atoms with E-state index in [1.54, 1.807) is 53.1 Å². The molecule has 1 N–H and O–H groups in total. The van der Waals surface area contributed by atoms with E-state index in [2.05, 4.69) is 10.2 Å². The Bertz CT molecular complexity index is 934. The van der Waals surface area contributed by atoms with E-state index in [1.165, 1.54) is 6.07 Å². The molecule has 2 amide bonds. The van der Waals surface area contributed by atoms with E-state index in [0.29, 0.717) is 60.3 Å². The van der Waals surface area contributed by atoms with Gasteiger partial charge in [0.05, 0.1) is 10.6 Å². The largest absolute Gasteiger partial charge is 0.340 e. The Hall–Kier alpha value is -1.80. The summed E-state index contributed by atoms with van der Waals surface area (Å²) < 4.78 is 14.1. The number of piperazine rings is 1. The molecule has 2 aromatic rings. The molecule has 0 aliphatic carbocycles. The summed E-state index contributed by atoms with van der Waals surface area (Å²) in [5.41, 5.74) is 0.821. The fourth-order valence-electron chi connectivity index (χ4n) is 3.63. The van der Waals surface area contributed by atoms with Crippen LogP contribution in [0.4, 0.5) is 4.39 Å². The van der Waals surface area contributed by atoms with Crippen LogP contribution in [-0.4, -0.2) is 65.8 Å². The molecule has 1 atom stereocenters. The zero-order valence-electron chi connectivity index (χ0n) is 17.8. The van der Waals surface area contributed by atoms with Crippen molar-refractivity contribution in [2.45, 2.75) is 19.0 Å². The van der Waals surface area contributed by atoms with Gasteiger partial charge in [0, 0.05) is 43.3 Å². The third kappa shape index (κ3) is 6.38. The molecule has 9 heteroatoms. The van der Waals surface area contributed by atoms with Crippen LogP contribution in [0.3, 0.4) is 0 Å². The Morgan fingerprint density at radius 3 is 2.41 bits per heavy atom. The molecule has 0 spiro atoms. The van der Waals surface area contributed by atoms with Crippen molar-refractivity contribution in [2.75, 3.05) is 38.2 Å². The fraction of sp³-hybridized carbons (Fsp3) is 0.391. The fourth-order valence-corrected chi connectivity index (χ4v) is 4.54. The Balaban J connectivity index is 1.61. The smallest absolute Gasteiger partial charge is 0.253 e.